The lowest BCUT2D eigenvalue weighted by molar-refractivity contribution is 0.283. The monoisotopic (exact) mass is 296 g/mol. The zero-order valence-electron chi connectivity index (χ0n) is 12.3. The molecule has 20 heavy (non-hydrogen) atoms. The van der Waals surface area contributed by atoms with Crippen molar-refractivity contribution in [2.45, 2.75) is 25.7 Å². The summed E-state index contributed by atoms with van der Waals surface area (Å²) in [6, 6.07) is 5.84. The average Bonchev–Trinajstić information content (AvgIpc) is 2.49. The standard InChI is InChI=1S/C16H24O3S/c1-18-15-11-14(12-16(13-15)19-2)7-10-20-9-6-4-3-5-8-17/h7,10-13,17H,3-6,8-9H2,1-2H3/b10-7+. The Hall–Kier alpha value is -1.13. The van der Waals surface area contributed by atoms with E-state index in [1.54, 1.807) is 14.2 Å². The van der Waals surface area contributed by atoms with E-state index in [-0.39, 0.29) is 0 Å². The fourth-order valence-corrected chi connectivity index (χ4v) is 2.53. The molecule has 112 valence electrons. The number of hydrogen-bond donors (Lipinski definition) is 1. The van der Waals surface area contributed by atoms with Crippen LogP contribution in [0.3, 0.4) is 0 Å². The van der Waals surface area contributed by atoms with E-state index in [1.807, 2.05) is 30.0 Å². The van der Waals surface area contributed by atoms with Gasteiger partial charge in [-0.2, -0.15) is 0 Å². The van der Waals surface area contributed by atoms with E-state index >= 15 is 0 Å². The lowest BCUT2D eigenvalue weighted by atomic mass is 10.2. The van der Waals surface area contributed by atoms with Crippen molar-refractivity contribution >= 4 is 17.8 Å². The molecule has 0 aromatic heterocycles. The van der Waals surface area contributed by atoms with Crippen molar-refractivity contribution < 1.29 is 14.6 Å². The molecule has 0 aliphatic rings. The summed E-state index contributed by atoms with van der Waals surface area (Å²) in [5.74, 6) is 2.72. The number of unbranched alkanes of at least 4 members (excludes halogenated alkanes) is 3. The normalized spacial score (nSPS) is 10.9. The molecule has 3 nitrogen and oxygen atoms in total. The largest absolute Gasteiger partial charge is 0.497 e. The molecule has 4 heteroatoms. The molecule has 0 unspecified atom stereocenters. The van der Waals surface area contributed by atoms with Crippen molar-refractivity contribution in [3.05, 3.63) is 29.2 Å². The lowest BCUT2D eigenvalue weighted by Gasteiger charge is -2.05. The highest BCUT2D eigenvalue weighted by Gasteiger charge is 1.99. The first kappa shape index (κ1) is 16.9. The van der Waals surface area contributed by atoms with Crippen molar-refractivity contribution in [2.75, 3.05) is 26.6 Å². The maximum Gasteiger partial charge on any atom is 0.123 e. The second-order valence-electron chi connectivity index (χ2n) is 4.46. The number of aliphatic hydroxyl groups is 1. The quantitative estimate of drug-likeness (QED) is 0.663. The minimum absolute atomic E-state index is 0.310. The van der Waals surface area contributed by atoms with Gasteiger partial charge in [-0.15, -0.1) is 11.8 Å². The average molecular weight is 296 g/mol. The van der Waals surface area contributed by atoms with Crippen molar-refractivity contribution in [3.8, 4) is 11.5 Å². The number of hydrogen-bond acceptors (Lipinski definition) is 4. The number of benzene rings is 1. The van der Waals surface area contributed by atoms with Crippen LogP contribution in [-0.4, -0.2) is 31.7 Å². The van der Waals surface area contributed by atoms with Gasteiger partial charge in [0.1, 0.15) is 11.5 Å². The van der Waals surface area contributed by atoms with Crippen molar-refractivity contribution in [1.29, 1.82) is 0 Å². The molecule has 0 fully saturated rings. The maximum atomic E-state index is 8.68. The second kappa shape index (κ2) is 10.6. The Kier molecular flexibility index (Phi) is 9.00. The highest BCUT2D eigenvalue weighted by molar-refractivity contribution is 8.02. The molecule has 0 aliphatic carbocycles. The summed E-state index contributed by atoms with van der Waals surface area (Å²) >= 11 is 1.81. The zero-order valence-corrected chi connectivity index (χ0v) is 13.1. The van der Waals surface area contributed by atoms with E-state index in [9.17, 15) is 0 Å². The van der Waals surface area contributed by atoms with Crippen LogP contribution >= 0.6 is 11.8 Å². The highest BCUT2D eigenvalue weighted by Crippen LogP contribution is 2.24. The molecule has 0 heterocycles. The van der Waals surface area contributed by atoms with Gasteiger partial charge in [-0.05, 0) is 47.8 Å². The topological polar surface area (TPSA) is 38.7 Å². The third-order valence-corrected chi connectivity index (χ3v) is 3.75. The number of rotatable bonds is 10. The molecule has 0 spiro atoms. The number of thioether (sulfide) groups is 1. The Morgan fingerprint density at radius 1 is 1.00 bits per heavy atom. The van der Waals surface area contributed by atoms with Gasteiger partial charge in [0.15, 0.2) is 0 Å². The van der Waals surface area contributed by atoms with E-state index in [0.717, 1.165) is 35.7 Å². The molecule has 0 saturated heterocycles. The van der Waals surface area contributed by atoms with Gasteiger partial charge >= 0.3 is 0 Å². The molecule has 0 aliphatic heterocycles. The Labute approximate surface area is 126 Å². The molecular weight excluding hydrogens is 272 g/mol. The third kappa shape index (κ3) is 6.87. The second-order valence-corrected chi connectivity index (χ2v) is 5.47. The number of ether oxygens (including phenoxy) is 2. The van der Waals surface area contributed by atoms with E-state index in [0.29, 0.717) is 6.61 Å². The zero-order chi connectivity index (χ0) is 14.6. The number of methoxy groups -OCH3 is 2. The maximum absolute atomic E-state index is 8.68. The van der Waals surface area contributed by atoms with Crippen LogP contribution in [0.5, 0.6) is 11.5 Å². The van der Waals surface area contributed by atoms with Crippen LogP contribution in [0.25, 0.3) is 6.08 Å². The molecule has 0 saturated carbocycles. The smallest absolute Gasteiger partial charge is 0.123 e. The van der Waals surface area contributed by atoms with Crippen LogP contribution < -0.4 is 9.47 Å². The number of aliphatic hydroxyl groups excluding tert-OH is 1. The summed E-state index contributed by atoms with van der Waals surface area (Å²) in [7, 11) is 3.31. The van der Waals surface area contributed by atoms with Gasteiger partial charge in [0.2, 0.25) is 0 Å². The Morgan fingerprint density at radius 2 is 1.65 bits per heavy atom. The van der Waals surface area contributed by atoms with Gasteiger partial charge in [0.25, 0.3) is 0 Å². The predicted octanol–water partition coefficient (Wildman–Crippen LogP) is 3.96. The summed E-state index contributed by atoms with van der Waals surface area (Å²) in [4.78, 5) is 0. The first-order valence-corrected chi connectivity index (χ1v) is 7.97. The first-order valence-electron chi connectivity index (χ1n) is 6.92. The molecule has 0 atom stereocenters. The Balaban J connectivity index is 2.34. The molecule has 0 amide bonds. The van der Waals surface area contributed by atoms with Crippen LogP contribution in [-0.2, 0) is 0 Å². The van der Waals surface area contributed by atoms with E-state index in [2.05, 4.69) is 11.5 Å². The van der Waals surface area contributed by atoms with Crippen LogP contribution in [0, 0.1) is 0 Å². The fourth-order valence-electron chi connectivity index (χ4n) is 1.77. The molecule has 1 aromatic rings. The first-order chi connectivity index (χ1) is 9.80. The Morgan fingerprint density at radius 3 is 2.25 bits per heavy atom. The molecule has 0 bridgehead atoms. The van der Waals surface area contributed by atoms with Gasteiger partial charge in [-0.25, -0.2) is 0 Å². The van der Waals surface area contributed by atoms with Crippen LogP contribution in [0.15, 0.2) is 23.6 Å². The summed E-state index contributed by atoms with van der Waals surface area (Å²) < 4.78 is 10.5. The van der Waals surface area contributed by atoms with Crippen molar-refractivity contribution in [1.82, 2.24) is 0 Å². The van der Waals surface area contributed by atoms with Gasteiger partial charge in [0.05, 0.1) is 14.2 Å². The van der Waals surface area contributed by atoms with Crippen LogP contribution in [0.2, 0.25) is 0 Å². The third-order valence-electron chi connectivity index (χ3n) is 2.90. The van der Waals surface area contributed by atoms with E-state index in [1.165, 1.54) is 12.8 Å². The van der Waals surface area contributed by atoms with Crippen LogP contribution in [0.4, 0.5) is 0 Å². The fraction of sp³-hybridized carbons (Fsp3) is 0.500. The Bertz CT molecular complexity index is 382. The van der Waals surface area contributed by atoms with Gasteiger partial charge in [0, 0.05) is 12.7 Å². The van der Waals surface area contributed by atoms with Gasteiger partial charge in [-0.1, -0.05) is 12.8 Å². The summed E-state index contributed by atoms with van der Waals surface area (Å²) in [6.45, 7) is 0.310. The van der Waals surface area contributed by atoms with E-state index < -0.39 is 0 Å². The molecule has 1 rings (SSSR count). The summed E-state index contributed by atoms with van der Waals surface area (Å²) in [6.07, 6.45) is 6.49. The summed E-state index contributed by atoms with van der Waals surface area (Å²) in [5, 5.41) is 10.8. The minimum atomic E-state index is 0.310. The minimum Gasteiger partial charge on any atom is -0.497 e. The predicted molar refractivity (Wildman–Crippen MR) is 86.6 cm³/mol. The molecule has 1 aromatic carbocycles. The van der Waals surface area contributed by atoms with Crippen molar-refractivity contribution in [3.63, 3.8) is 0 Å². The van der Waals surface area contributed by atoms with Gasteiger partial charge in [-0.3, -0.25) is 0 Å². The van der Waals surface area contributed by atoms with E-state index in [4.69, 9.17) is 14.6 Å². The summed E-state index contributed by atoms with van der Waals surface area (Å²) in [5.41, 5.74) is 1.08. The molecule has 1 N–H and O–H groups in total. The molecule has 0 radical (unpaired) electrons. The SMILES string of the molecule is COc1cc(/C=C/SCCCCCCO)cc(OC)c1. The van der Waals surface area contributed by atoms with Crippen molar-refractivity contribution in [2.24, 2.45) is 0 Å². The van der Waals surface area contributed by atoms with Crippen LogP contribution in [0.1, 0.15) is 31.2 Å². The molecular formula is C16H24O3S. The van der Waals surface area contributed by atoms with Gasteiger partial charge < -0.3 is 14.6 Å². The highest BCUT2D eigenvalue weighted by atomic mass is 32.2. The lowest BCUT2D eigenvalue weighted by Crippen LogP contribution is -1.88.